The van der Waals surface area contributed by atoms with E-state index in [2.05, 4.69) is 53.6 Å². The van der Waals surface area contributed by atoms with Crippen LogP contribution in [0.3, 0.4) is 0 Å². The molecule has 2 aromatic heterocycles. The lowest BCUT2D eigenvalue weighted by molar-refractivity contribution is 0.474. The molecular formula is C13H23N7. The second-order valence-electron chi connectivity index (χ2n) is 5.46. The maximum absolute atomic E-state index is 4.44. The topological polar surface area (TPSA) is 73.5 Å². The predicted molar refractivity (Wildman–Crippen MR) is 76.6 cm³/mol. The molecule has 2 rings (SSSR count). The Balaban J connectivity index is 2.27. The third-order valence-corrected chi connectivity index (χ3v) is 3.16. The van der Waals surface area contributed by atoms with Crippen molar-refractivity contribution in [2.45, 2.75) is 40.2 Å². The summed E-state index contributed by atoms with van der Waals surface area (Å²) in [7, 11) is 1.91. The molecule has 0 saturated carbocycles. The molecule has 110 valence electrons. The highest BCUT2D eigenvalue weighted by Gasteiger charge is 2.19. The van der Waals surface area contributed by atoms with E-state index < -0.39 is 0 Å². The van der Waals surface area contributed by atoms with E-state index in [1.807, 2.05) is 13.2 Å². The van der Waals surface area contributed by atoms with Crippen LogP contribution in [0.5, 0.6) is 0 Å². The molecule has 0 aromatic carbocycles. The Morgan fingerprint density at radius 3 is 2.70 bits per heavy atom. The lowest BCUT2D eigenvalue weighted by Gasteiger charge is -2.14. The quantitative estimate of drug-likeness (QED) is 0.860. The van der Waals surface area contributed by atoms with Gasteiger partial charge in [-0.25, -0.2) is 0 Å². The maximum atomic E-state index is 4.44. The van der Waals surface area contributed by atoms with E-state index in [4.69, 9.17) is 0 Å². The monoisotopic (exact) mass is 277 g/mol. The second kappa shape index (κ2) is 6.13. The van der Waals surface area contributed by atoms with Gasteiger partial charge in [0, 0.05) is 7.05 Å². The Labute approximate surface area is 119 Å². The highest BCUT2D eigenvalue weighted by Crippen LogP contribution is 2.17. The van der Waals surface area contributed by atoms with E-state index in [0.717, 1.165) is 30.2 Å². The van der Waals surface area contributed by atoms with Crippen LogP contribution < -0.4 is 5.32 Å². The molecule has 1 atom stereocenters. The van der Waals surface area contributed by atoms with Gasteiger partial charge in [-0.2, -0.15) is 9.78 Å². The van der Waals surface area contributed by atoms with Crippen LogP contribution in [0, 0.1) is 5.92 Å². The summed E-state index contributed by atoms with van der Waals surface area (Å²) in [6.45, 7) is 9.45. The highest BCUT2D eigenvalue weighted by molar-refractivity contribution is 5.34. The summed E-state index contributed by atoms with van der Waals surface area (Å²) in [5, 5.41) is 20.0. The van der Waals surface area contributed by atoms with E-state index in [1.54, 1.807) is 9.36 Å². The zero-order chi connectivity index (χ0) is 14.7. The third-order valence-electron chi connectivity index (χ3n) is 3.16. The van der Waals surface area contributed by atoms with Crippen molar-refractivity contribution >= 4 is 0 Å². The Morgan fingerprint density at radius 1 is 1.30 bits per heavy atom. The van der Waals surface area contributed by atoms with Crippen molar-refractivity contribution in [1.82, 2.24) is 35.3 Å². The molecule has 0 aliphatic heterocycles. The van der Waals surface area contributed by atoms with Crippen molar-refractivity contribution in [2.24, 2.45) is 13.0 Å². The van der Waals surface area contributed by atoms with Crippen LogP contribution in [0.4, 0.5) is 0 Å². The molecule has 0 fully saturated rings. The van der Waals surface area contributed by atoms with Gasteiger partial charge in [-0.3, -0.25) is 4.68 Å². The SMILES string of the molecule is CCc1nn(C)cc1-n1nnnc1C(C)NCC(C)C. The average Bonchev–Trinajstić information content (AvgIpc) is 3.01. The zero-order valence-corrected chi connectivity index (χ0v) is 12.8. The van der Waals surface area contributed by atoms with Crippen LogP contribution in [0.15, 0.2) is 6.20 Å². The van der Waals surface area contributed by atoms with Crippen molar-refractivity contribution in [3.8, 4) is 5.69 Å². The lowest BCUT2D eigenvalue weighted by atomic mass is 10.2. The number of aryl methyl sites for hydroxylation is 2. The minimum atomic E-state index is 0.0947. The first-order valence-corrected chi connectivity index (χ1v) is 7.07. The number of hydrogen-bond acceptors (Lipinski definition) is 5. The number of rotatable bonds is 6. The number of tetrazole rings is 1. The van der Waals surface area contributed by atoms with Gasteiger partial charge in [-0.05, 0) is 36.2 Å². The summed E-state index contributed by atoms with van der Waals surface area (Å²) in [6.07, 6.45) is 2.80. The molecule has 2 aromatic rings. The molecule has 0 bridgehead atoms. The fourth-order valence-electron chi connectivity index (χ4n) is 2.09. The van der Waals surface area contributed by atoms with Crippen molar-refractivity contribution in [1.29, 1.82) is 0 Å². The van der Waals surface area contributed by atoms with E-state index >= 15 is 0 Å². The molecule has 0 amide bonds. The molecule has 0 spiro atoms. The number of nitrogens with zero attached hydrogens (tertiary/aromatic N) is 6. The van der Waals surface area contributed by atoms with Gasteiger partial charge in [0.15, 0.2) is 5.82 Å². The Kier molecular flexibility index (Phi) is 4.49. The Hall–Kier alpha value is -1.76. The van der Waals surface area contributed by atoms with Gasteiger partial charge < -0.3 is 5.32 Å². The average molecular weight is 277 g/mol. The molecule has 1 unspecified atom stereocenters. The normalized spacial score (nSPS) is 13.1. The van der Waals surface area contributed by atoms with Crippen molar-refractivity contribution in [2.75, 3.05) is 6.54 Å². The molecule has 7 heteroatoms. The van der Waals surface area contributed by atoms with Crippen LogP contribution in [0.1, 0.15) is 45.3 Å². The van der Waals surface area contributed by atoms with E-state index in [0.29, 0.717) is 5.92 Å². The minimum absolute atomic E-state index is 0.0947. The number of hydrogen-bond donors (Lipinski definition) is 1. The van der Waals surface area contributed by atoms with E-state index in [-0.39, 0.29) is 6.04 Å². The molecule has 2 heterocycles. The van der Waals surface area contributed by atoms with Crippen molar-refractivity contribution in [3.05, 3.63) is 17.7 Å². The van der Waals surface area contributed by atoms with Gasteiger partial charge in [0.2, 0.25) is 0 Å². The maximum Gasteiger partial charge on any atom is 0.173 e. The highest BCUT2D eigenvalue weighted by atomic mass is 15.6. The summed E-state index contributed by atoms with van der Waals surface area (Å²) < 4.78 is 3.58. The molecule has 0 saturated heterocycles. The molecule has 0 aliphatic carbocycles. The van der Waals surface area contributed by atoms with E-state index in [1.165, 1.54) is 0 Å². The van der Waals surface area contributed by atoms with Gasteiger partial charge in [-0.1, -0.05) is 20.8 Å². The molecule has 0 radical (unpaired) electrons. The van der Waals surface area contributed by atoms with Crippen LogP contribution >= 0.6 is 0 Å². The van der Waals surface area contributed by atoms with Crippen LogP contribution in [0.25, 0.3) is 5.69 Å². The smallest absolute Gasteiger partial charge is 0.173 e. The van der Waals surface area contributed by atoms with Gasteiger partial charge >= 0.3 is 0 Å². The Bertz CT molecular complexity index is 555. The molecular weight excluding hydrogens is 254 g/mol. The summed E-state index contributed by atoms with van der Waals surface area (Å²) in [4.78, 5) is 0. The first-order chi connectivity index (χ1) is 9.52. The Morgan fingerprint density at radius 2 is 2.05 bits per heavy atom. The van der Waals surface area contributed by atoms with Gasteiger partial charge in [0.1, 0.15) is 5.69 Å². The summed E-state index contributed by atoms with van der Waals surface area (Å²) >= 11 is 0. The molecule has 0 aliphatic rings. The lowest BCUT2D eigenvalue weighted by Crippen LogP contribution is -2.25. The van der Waals surface area contributed by atoms with Crippen molar-refractivity contribution in [3.63, 3.8) is 0 Å². The molecule has 20 heavy (non-hydrogen) atoms. The number of aromatic nitrogens is 6. The third kappa shape index (κ3) is 3.04. The zero-order valence-electron chi connectivity index (χ0n) is 12.8. The minimum Gasteiger partial charge on any atom is -0.307 e. The summed E-state index contributed by atoms with van der Waals surface area (Å²) in [6, 6.07) is 0.0947. The molecule has 1 N–H and O–H groups in total. The van der Waals surface area contributed by atoms with Gasteiger partial charge in [0.05, 0.1) is 17.9 Å². The van der Waals surface area contributed by atoms with Crippen LogP contribution in [-0.4, -0.2) is 36.5 Å². The summed E-state index contributed by atoms with van der Waals surface area (Å²) in [5.74, 6) is 1.40. The van der Waals surface area contributed by atoms with E-state index in [9.17, 15) is 0 Å². The van der Waals surface area contributed by atoms with Gasteiger partial charge in [0.25, 0.3) is 0 Å². The predicted octanol–water partition coefficient (Wildman–Crippen LogP) is 1.26. The van der Waals surface area contributed by atoms with Crippen LogP contribution in [0.2, 0.25) is 0 Å². The van der Waals surface area contributed by atoms with Gasteiger partial charge in [-0.15, -0.1) is 5.10 Å². The molecule has 7 nitrogen and oxygen atoms in total. The fourth-order valence-corrected chi connectivity index (χ4v) is 2.09. The van der Waals surface area contributed by atoms with Crippen LogP contribution in [-0.2, 0) is 13.5 Å². The standard InChI is InChI=1S/C13H23N7/c1-6-11-12(8-19(5)16-11)20-13(15-17-18-20)10(4)14-7-9(2)3/h8-10,14H,6-7H2,1-5H3. The second-order valence-corrected chi connectivity index (χ2v) is 5.46. The summed E-state index contributed by atoms with van der Waals surface area (Å²) in [5.41, 5.74) is 1.95. The number of nitrogens with one attached hydrogen (secondary N) is 1. The largest absolute Gasteiger partial charge is 0.307 e. The first kappa shape index (κ1) is 14.6. The first-order valence-electron chi connectivity index (χ1n) is 7.07. The van der Waals surface area contributed by atoms with Crippen molar-refractivity contribution < 1.29 is 0 Å². The fraction of sp³-hybridized carbons (Fsp3) is 0.692.